The zero-order chi connectivity index (χ0) is 30.1. The first kappa shape index (κ1) is 29.7. The van der Waals surface area contributed by atoms with Crippen LogP contribution < -0.4 is 5.32 Å². The number of imidazole rings is 1. The van der Waals surface area contributed by atoms with Crippen molar-refractivity contribution >= 4 is 21.6 Å². The molecule has 2 aliphatic rings. The highest BCUT2D eigenvalue weighted by Gasteiger charge is 2.49. The number of nitrogens with zero attached hydrogens (tertiary/aromatic N) is 3. The van der Waals surface area contributed by atoms with Gasteiger partial charge >= 0.3 is 0 Å². The Morgan fingerprint density at radius 3 is 2.30 bits per heavy atom. The lowest BCUT2D eigenvalue weighted by Crippen LogP contribution is -2.31. The standard InChI is InChI=1S/C35H45N5O2S/c1-23-31(24(2)40(39-23)22-42-19-20-43(3,4)5)26-15-17-29(18-16-26)37-35(41)33(32(27-11-12-27)28-13-14-28)34-36-21-30(38-34)25-9-7-6-8-10-25/h6-10,15-18,21,27-28,32-33H,11-14,19-20,22H2,1-5H3,(H,36,38)(H,37,41). The van der Waals surface area contributed by atoms with Crippen LogP contribution in [-0.4, -0.2) is 56.8 Å². The maximum Gasteiger partial charge on any atom is 0.235 e. The van der Waals surface area contributed by atoms with Gasteiger partial charge in [-0.15, -0.1) is 0 Å². The van der Waals surface area contributed by atoms with Gasteiger partial charge in [-0.3, -0.25) is 4.79 Å². The molecule has 2 N–H and O–H groups in total. The van der Waals surface area contributed by atoms with Crippen LogP contribution in [0, 0.1) is 31.6 Å². The van der Waals surface area contributed by atoms with Crippen molar-refractivity contribution < 1.29 is 9.53 Å². The minimum absolute atomic E-state index is 0.0277. The minimum atomic E-state index is -0.577. The highest BCUT2D eigenvalue weighted by Crippen LogP contribution is 2.54. The van der Waals surface area contributed by atoms with Gasteiger partial charge in [0.15, 0.2) is 0 Å². The van der Waals surface area contributed by atoms with Gasteiger partial charge in [0.25, 0.3) is 0 Å². The molecule has 228 valence electrons. The summed E-state index contributed by atoms with van der Waals surface area (Å²) in [5.41, 5.74) is 7.00. The fourth-order valence-electron chi connectivity index (χ4n) is 6.27. The Hall–Kier alpha value is -3.36. The smallest absolute Gasteiger partial charge is 0.235 e. The van der Waals surface area contributed by atoms with Gasteiger partial charge in [-0.25, -0.2) is 19.7 Å². The van der Waals surface area contributed by atoms with Crippen LogP contribution in [0.1, 0.15) is 48.8 Å². The molecule has 2 aromatic heterocycles. The van der Waals surface area contributed by atoms with E-state index in [1.54, 1.807) is 0 Å². The molecule has 0 aliphatic heterocycles. The topological polar surface area (TPSA) is 84.8 Å². The second-order valence-corrected chi connectivity index (χ2v) is 17.8. The number of rotatable bonds is 13. The molecule has 6 rings (SSSR count). The SMILES string of the molecule is Cc1nn(COCCS(C)(C)C)c(C)c1-c1ccc(NC(=O)C(c2nc(-c3ccccc3)c[nH]2)C(C2CC2)C2CC2)cc1. The summed E-state index contributed by atoms with van der Waals surface area (Å²) in [4.78, 5) is 22.4. The zero-order valence-corrected chi connectivity index (χ0v) is 26.9. The summed E-state index contributed by atoms with van der Waals surface area (Å²) < 4.78 is 7.91. The number of hydrogen-bond donors (Lipinski definition) is 2. The van der Waals surface area contributed by atoms with Crippen LogP contribution in [0.15, 0.2) is 60.8 Å². The van der Waals surface area contributed by atoms with Crippen LogP contribution in [0.2, 0.25) is 0 Å². The van der Waals surface area contributed by atoms with Crippen molar-refractivity contribution in [3.8, 4) is 22.4 Å². The molecule has 2 aromatic carbocycles. The van der Waals surface area contributed by atoms with Crippen molar-refractivity contribution in [2.45, 2.75) is 52.2 Å². The summed E-state index contributed by atoms with van der Waals surface area (Å²) in [6, 6.07) is 18.3. The molecule has 4 aromatic rings. The molecule has 2 aliphatic carbocycles. The normalized spacial score (nSPS) is 16.4. The highest BCUT2D eigenvalue weighted by molar-refractivity contribution is 8.32. The number of benzene rings is 2. The Bertz CT molecular complexity index is 1530. The molecule has 2 fully saturated rings. The van der Waals surface area contributed by atoms with Crippen molar-refractivity contribution in [3.63, 3.8) is 0 Å². The first-order valence-electron chi connectivity index (χ1n) is 15.5. The molecule has 0 saturated heterocycles. The van der Waals surface area contributed by atoms with Gasteiger partial charge in [0.05, 0.1) is 23.9 Å². The number of carbonyl (C=O) groups excluding carboxylic acids is 1. The maximum atomic E-state index is 14.0. The lowest BCUT2D eigenvalue weighted by atomic mass is 9.82. The van der Waals surface area contributed by atoms with Gasteiger partial charge in [-0.05, 0) is 93.7 Å². The number of carbonyl (C=O) groups is 1. The van der Waals surface area contributed by atoms with E-state index in [2.05, 4.69) is 60.3 Å². The molecule has 1 amide bonds. The number of nitrogens with one attached hydrogen (secondary N) is 2. The number of hydrogen-bond acceptors (Lipinski definition) is 4. The quantitative estimate of drug-likeness (QED) is 0.157. The summed E-state index contributed by atoms with van der Waals surface area (Å²) >= 11 is 0. The van der Waals surface area contributed by atoms with E-state index in [1.165, 1.54) is 25.7 Å². The number of amides is 1. The van der Waals surface area contributed by atoms with Crippen LogP contribution in [0.5, 0.6) is 0 Å². The second-order valence-electron chi connectivity index (χ2n) is 13.2. The van der Waals surface area contributed by atoms with Gasteiger partial charge in [0.2, 0.25) is 5.91 Å². The largest absolute Gasteiger partial charge is 0.358 e. The zero-order valence-electron chi connectivity index (χ0n) is 26.1. The molecular formula is C35H45N5O2S. The average Bonchev–Trinajstić information content (AvgIpc) is 3.92. The first-order valence-corrected chi connectivity index (χ1v) is 18.5. The van der Waals surface area contributed by atoms with Gasteiger partial charge in [0, 0.05) is 34.5 Å². The Morgan fingerprint density at radius 2 is 1.67 bits per heavy atom. The van der Waals surface area contributed by atoms with E-state index in [0.717, 1.165) is 57.6 Å². The number of H-pyrrole nitrogens is 1. The molecule has 0 spiro atoms. The van der Waals surface area contributed by atoms with Crippen molar-refractivity contribution in [1.82, 2.24) is 19.7 Å². The Balaban J connectivity index is 1.18. The second kappa shape index (κ2) is 12.3. The monoisotopic (exact) mass is 599 g/mol. The van der Waals surface area contributed by atoms with E-state index in [4.69, 9.17) is 14.8 Å². The number of anilines is 1. The molecule has 7 nitrogen and oxygen atoms in total. The molecule has 2 heterocycles. The van der Waals surface area contributed by atoms with Gasteiger partial charge < -0.3 is 15.0 Å². The van der Waals surface area contributed by atoms with Crippen LogP contribution in [-0.2, 0) is 16.3 Å². The van der Waals surface area contributed by atoms with Crippen LogP contribution >= 0.6 is 10.0 Å². The lowest BCUT2D eigenvalue weighted by Gasteiger charge is -2.25. The lowest BCUT2D eigenvalue weighted by molar-refractivity contribution is -0.119. The van der Waals surface area contributed by atoms with Crippen LogP contribution in [0.3, 0.4) is 0 Å². The Morgan fingerprint density at radius 1 is 1.00 bits per heavy atom. The van der Waals surface area contributed by atoms with E-state index >= 15 is 0 Å². The fourth-order valence-corrected chi connectivity index (χ4v) is 6.88. The molecule has 43 heavy (non-hydrogen) atoms. The maximum absolute atomic E-state index is 14.0. The van der Waals surface area contributed by atoms with E-state index in [1.807, 2.05) is 48.1 Å². The molecule has 0 bridgehead atoms. The van der Waals surface area contributed by atoms with Crippen molar-refractivity contribution in [3.05, 3.63) is 78.0 Å². The molecule has 8 heteroatoms. The number of aryl methyl sites for hydroxylation is 1. The number of aromatic nitrogens is 4. The third-order valence-electron chi connectivity index (χ3n) is 8.84. The van der Waals surface area contributed by atoms with E-state index in [0.29, 0.717) is 24.5 Å². The van der Waals surface area contributed by atoms with E-state index in [9.17, 15) is 4.79 Å². The molecule has 1 atom stereocenters. The summed E-state index contributed by atoms with van der Waals surface area (Å²) in [5, 5.41) is 8.01. The van der Waals surface area contributed by atoms with Crippen molar-refractivity contribution in [2.75, 3.05) is 36.4 Å². The van der Waals surface area contributed by atoms with Crippen molar-refractivity contribution in [1.29, 1.82) is 0 Å². The fraction of sp³-hybridized carbons (Fsp3) is 0.457. The summed E-state index contributed by atoms with van der Waals surface area (Å²) in [5.74, 6) is 3.15. The van der Waals surface area contributed by atoms with E-state index < -0.39 is 10.0 Å². The molecule has 2 saturated carbocycles. The molecular weight excluding hydrogens is 554 g/mol. The Kier molecular flexibility index (Phi) is 8.51. The molecule has 1 unspecified atom stereocenters. The van der Waals surface area contributed by atoms with E-state index in [-0.39, 0.29) is 11.8 Å². The average molecular weight is 600 g/mol. The van der Waals surface area contributed by atoms with Crippen LogP contribution in [0.4, 0.5) is 5.69 Å². The minimum Gasteiger partial charge on any atom is -0.358 e. The third kappa shape index (κ3) is 7.07. The van der Waals surface area contributed by atoms with Crippen LogP contribution in [0.25, 0.3) is 22.4 Å². The summed E-state index contributed by atoms with van der Waals surface area (Å²) in [6.07, 6.45) is 13.7. The predicted octanol–water partition coefficient (Wildman–Crippen LogP) is 7.38. The van der Waals surface area contributed by atoms with Crippen molar-refractivity contribution in [2.24, 2.45) is 17.8 Å². The molecule has 0 radical (unpaired) electrons. The number of aromatic amines is 1. The predicted molar refractivity (Wildman–Crippen MR) is 178 cm³/mol. The summed E-state index contributed by atoms with van der Waals surface area (Å²) in [6.45, 7) is 5.34. The first-order chi connectivity index (χ1) is 20.7. The van der Waals surface area contributed by atoms with Gasteiger partial charge in [-0.2, -0.15) is 5.10 Å². The Labute approximate surface area is 257 Å². The third-order valence-corrected chi connectivity index (χ3v) is 10.2. The van der Waals surface area contributed by atoms with Gasteiger partial charge in [-0.1, -0.05) is 42.5 Å². The van der Waals surface area contributed by atoms with Gasteiger partial charge in [0.1, 0.15) is 12.6 Å². The summed E-state index contributed by atoms with van der Waals surface area (Å²) in [7, 11) is -0.577. The highest BCUT2D eigenvalue weighted by atomic mass is 32.3. The number of ether oxygens (including phenoxy) is 1.